The average Bonchev–Trinajstić information content (AvgIpc) is 2.49. The average molecular weight is 210 g/mol. The Kier molecular flexibility index (Phi) is 2.29. The molecule has 74 valence electrons. The molecule has 0 aliphatic rings. The molecule has 2 aromatic heterocycles. The van der Waals surface area contributed by atoms with Gasteiger partial charge in [0.05, 0.1) is 6.07 Å². The Morgan fingerprint density at radius 1 is 1.57 bits per heavy atom. The lowest BCUT2D eigenvalue weighted by Gasteiger charge is -1.95. The molecule has 3 nitrogen and oxygen atoms in total. The van der Waals surface area contributed by atoms with Crippen molar-refractivity contribution < 1.29 is 9.52 Å². The normalized spacial score (nSPS) is 10.9. The maximum atomic E-state index is 11.0. The molecule has 4 heteroatoms. The summed E-state index contributed by atoms with van der Waals surface area (Å²) in [7, 11) is 0. The summed E-state index contributed by atoms with van der Waals surface area (Å²) in [5.74, 6) is 0.0172. The Balaban J connectivity index is 2.72. The number of aryl methyl sites for hydroxylation is 1. The number of fused-ring (bicyclic) bond motifs is 1. The monoisotopic (exact) mass is 210 g/mol. The van der Waals surface area contributed by atoms with E-state index in [2.05, 4.69) is 6.92 Å². The molecule has 0 radical (unpaired) electrons. The third kappa shape index (κ3) is 1.42. The van der Waals surface area contributed by atoms with Crippen LogP contribution in [-0.2, 0) is 6.42 Å². The standard InChI is InChI=1S/C10H10O3S/c1-2-3-6-5-14-10-7(11)4-8(12)13-9(6)10/h4-5,11H,2-3H2,1H3. The summed E-state index contributed by atoms with van der Waals surface area (Å²) in [6, 6.07) is 1.11. The quantitative estimate of drug-likeness (QED) is 0.828. The van der Waals surface area contributed by atoms with E-state index in [1.807, 2.05) is 5.38 Å². The van der Waals surface area contributed by atoms with E-state index >= 15 is 0 Å². The molecule has 0 aromatic carbocycles. The van der Waals surface area contributed by atoms with Gasteiger partial charge in [-0.25, -0.2) is 4.79 Å². The predicted molar refractivity (Wildman–Crippen MR) is 56.0 cm³/mol. The maximum absolute atomic E-state index is 11.0. The first-order valence-corrected chi connectivity index (χ1v) is 5.33. The molecule has 0 amide bonds. The Bertz CT molecular complexity index is 510. The molecule has 0 aliphatic carbocycles. The van der Waals surface area contributed by atoms with Crippen LogP contribution >= 0.6 is 11.3 Å². The van der Waals surface area contributed by atoms with E-state index < -0.39 is 5.63 Å². The minimum Gasteiger partial charge on any atom is -0.506 e. The van der Waals surface area contributed by atoms with Crippen LogP contribution in [0.15, 0.2) is 20.7 Å². The zero-order valence-corrected chi connectivity index (χ0v) is 8.56. The van der Waals surface area contributed by atoms with Gasteiger partial charge in [0.25, 0.3) is 0 Å². The topological polar surface area (TPSA) is 50.4 Å². The van der Waals surface area contributed by atoms with E-state index in [0.29, 0.717) is 10.3 Å². The van der Waals surface area contributed by atoms with Crippen molar-refractivity contribution in [2.75, 3.05) is 0 Å². The van der Waals surface area contributed by atoms with Crippen molar-refractivity contribution in [1.82, 2.24) is 0 Å². The van der Waals surface area contributed by atoms with Crippen LogP contribution in [0.1, 0.15) is 18.9 Å². The van der Waals surface area contributed by atoms with Gasteiger partial charge in [0.1, 0.15) is 10.4 Å². The molecule has 2 heterocycles. The molecule has 0 saturated carbocycles. The largest absolute Gasteiger partial charge is 0.506 e. The molecule has 1 N–H and O–H groups in total. The van der Waals surface area contributed by atoms with Crippen LogP contribution in [-0.4, -0.2) is 5.11 Å². The summed E-state index contributed by atoms with van der Waals surface area (Å²) >= 11 is 1.41. The lowest BCUT2D eigenvalue weighted by Crippen LogP contribution is -1.95. The van der Waals surface area contributed by atoms with Gasteiger partial charge in [-0.05, 0) is 11.8 Å². The van der Waals surface area contributed by atoms with E-state index in [4.69, 9.17) is 4.42 Å². The van der Waals surface area contributed by atoms with Gasteiger partial charge in [0, 0.05) is 5.56 Å². The predicted octanol–water partition coefficient (Wildman–Crippen LogP) is 2.51. The Morgan fingerprint density at radius 2 is 2.36 bits per heavy atom. The van der Waals surface area contributed by atoms with Crippen molar-refractivity contribution in [3.63, 3.8) is 0 Å². The molecular weight excluding hydrogens is 200 g/mol. The second-order valence-corrected chi connectivity index (χ2v) is 4.00. The summed E-state index contributed by atoms with van der Waals surface area (Å²) in [5.41, 5.74) is 1.05. The van der Waals surface area contributed by atoms with Gasteiger partial charge >= 0.3 is 5.63 Å². The lowest BCUT2D eigenvalue weighted by molar-refractivity contribution is 0.469. The third-order valence-electron chi connectivity index (χ3n) is 2.03. The van der Waals surface area contributed by atoms with Gasteiger partial charge < -0.3 is 9.52 Å². The molecule has 0 spiro atoms. The highest BCUT2D eigenvalue weighted by Crippen LogP contribution is 2.31. The highest BCUT2D eigenvalue weighted by Gasteiger charge is 2.10. The molecule has 2 aromatic rings. The molecule has 0 unspecified atom stereocenters. The number of hydrogen-bond acceptors (Lipinski definition) is 4. The highest BCUT2D eigenvalue weighted by molar-refractivity contribution is 7.17. The van der Waals surface area contributed by atoms with Crippen molar-refractivity contribution in [2.24, 2.45) is 0 Å². The number of aromatic hydroxyl groups is 1. The van der Waals surface area contributed by atoms with Gasteiger partial charge in [-0.1, -0.05) is 13.3 Å². The van der Waals surface area contributed by atoms with E-state index in [1.54, 1.807) is 0 Å². The van der Waals surface area contributed by atoms with Crippen molar-refractivity contribution in [1.29, 1.82) is 0 Å². The lowest BCUT2D eigenvalue weighted by atomic mass is 10.2. The van der Waals surface area contributed by atoms with Gasteiger partial charge in [-0.3, -0.25) is 0 Å². The van der Waals surface area contributed by atoms with Gasteiger partial charge in [0.2, 0.25) is 0 Å². The van der Waals surface area contributed by atoms with Crippen molar-refractivity contribution in [3.8, 4) is 5.75 Å². The smallest absolute Gasteiger partial charge is 0.340 e. The number of rotatable bonds is 2. The van der Waals surface area contributed by atoms with Gasteiger partial charge in [-0.15, -0.1) is 11.3 Å². The SMILES string of the molecule is CCCc1csc2c(O)cc(=O)oc12. The number of thiophene rings is 1. The second-order valence-electron chi connectivity index (χ2n) is 3.12. The van der Waals surface area contributed by atoms with E-state index in [9.17, 15) is 9.90 Å². The Hall–Kier alpha value is -1.29. The van der Waals surface area contributed by atoms with Gasteiger partial charge in [-0.2, -0.15) is 0 Å². The molecule has 14 heavy (non-hydrogen) atoms. The molecule has 0 saturated heterocycles. The molecule has 0 atom stereocenters. The van der Waals surface area contributed by atoms with Crippen LogP contribution in [0, 0.1) is 0 Å². The zero-order chi connectivity index (χ0) is 10.1. The molecule has 2 rings (SSSR count). The van der Waals surface area contributed by atoms with E-state index in [-0.39, 0.29) is 5.75 Å². The first-order chi connectivity index (χ1) is 6.72. The minimum atomic E-state index is -0.495. The van der Waals surface area contributed by atoms with E-state index in [1.165, 1.54) is 11.3 Å². The fourth-order valence-electron chi connectivity index (χ4n) is 1.42. The van der Waals surface area contributed by atoms with E-state index in [0.717, 1.165) is 24.5 Å². The maximum Gasteiger partial charge on any atom is 0.340 e. The van der Waals surface area contributed by atoms with Crippen LogP contribution in [0.4, 0.5) is 0 Å². The van der Waals surface area contributed by atoms with Crippen LogP contribution in [0.25, 0.3) is 10.3 Å². The molecule has 0 bridgehead atoms. The number of hydrogen-bond donors (Lipinski definition) is 1. The fourth-order valence-corrected chi connectivity index (χ4v) is 2.37. The van der Waals surface area contributed by atoms with Crippen molar-refractivity contribution in [2.45, 2.75) is 19.8 Å². The van der Waals surface area contributed by atoms with Crippen LogP contribution in [0.2, 0.25) is 0 Å². The van der Waals surface area contributed by atoms with Crippen LogP contribution < -0.4 is 5.63 Å². The second kappa shape index (κ2) is 3.46. The summed E-state index contributed by atoms with van der Waals surface area (Å²) < 4.78 is 5.72. The molecule has 0 fully saturated rings. The van der Waals surface area contributed by atoms with Crippen molar-refractivity contribution >= 4 is 21.6 Å². The molecular formula is C10H10O3S. The molecule has 0 aliphatic heterocycles. The van der Waals surface area contributed by atoms with Crippen molar-refractivity contribution in [3.05, 3.63) is 27.4 Å². The first-order valence-electron chi connectivity index (χ1n) is 4.45. The summed E-state index contributed by atoms with van der Waals surface area (Å²) in [5, 5.41) is 11.4. The fraction of sp³-hybridized carbons (Fsp3) is 0.300. The summed E-state index contributed by atoms with van der Waals surface area (Å²) in [6.45, 7) is 2.06. The first kappa shape index (κ1) is 9.27. The highest BCUT2D eigenvalue weighted by atomic mass is 32.1. The third-order valence-corrected chi connectivity index (χ3v) is 3.06. The summed E-state index contributed by atoms with van der Waals surface area (Å²) in [6.07, 6.45) is 1.86. The Labute approximate surface area is 84.6 Å². The Morgan fingerprint density at radius 3 is 3.07 bits per heavy atom. The zero-order valence-electron chi connectivity index (χ0n) is 7.74. The van der Waals surface area contributed by atoms with Crippen LogP contribution in [0.3, 0.4) is 0 Å². The summed E-state index contributed by atoms with van der Waals surface area (Å²) in [4.78, 5) is 11.0. The minimum absolute atomic E-state index is 0.0172. The van der Waals surface area contributed by atoms with Crippen LogP contribution in [0.5, 0.6) is 5.75 Å². The van der Waals surface area contributed by atoms with Gasteiger partial charge in [0.15, 0.2) is 5.58 Å².